The molecule has 0 aliphatic carbocycles. The SMILES string of the molecule is CC(C)CCOc1cccc(NCCNCc2ccccc2Cl)c1. The molecule has 130 valence electrons. The largest absolute Gasteiger partial charge is 0.494 e. The summed E-state index contributed by atoms with van der Waals surface area (Å²) in [5.41, 5.74) is 2.20. The van der Waals surface area contributed by atoms with E-state index in [2.05, 4.69) is 30.5 Å². The average molecular weight is 347 g/mol. The Balaban J connectivity index is 1.68. The van der Waals surface area contributed by atoms with Gasteiger partial charge in [0.2, 0.25) is 0 Å². The van der Waals surface area contributed by atoms with Gasteiger partial charge in [0.05, 0.1) is 6.61 Å². The Morgan fingerprint density at radius 3 is 2.67 bits per heavy atom. The predicted molar refractivity (Wildman–Crippen MR) is 103 cm³/mol. The van der Waals surface area contributed by atoms with Gasteiger partial charge in [-0.25, -0.2) is 0 Å². The summed E-state index contributed by atoms with van der Waals surface area (Å²) in [5, 5.41) is 7.62. The molecule has 0 saturated carbocycles. The Morgan fingerprint density at radius 1 is 1.04 bits per heavy atom. The maximum atomic E-state index is 6.14. The van der Waals surface area contributed by atoms with Gasteiger partial charge in [0.1, 0.15) is 5.75 Å². The van der Waals surface area contributed by atoms with Gasteiger partial charge >= 0.3 is 0 Å². The molecule has 0 bridgehead atoms. The Hall–Kier alpha value is -1.71. The van der Waals surface area contributed by atoms with Crippen LogP contribution in [0.1, 0.15) is 25.8 Å². The molecule has 0 atom stereocenters. The molecule has 24 heavy (non-hydrogen) atoms. The number of anilines is 1. The van der Waals surface area contributed by atoms with Crippen LogP contribution in [0.4, 0.5) is 5.69 Å². The predicted octanol–water partition coefficient (Wildman–Crippen LogP) is 4.97. The maximum Gasteiger partial charge on any atom is 0.121 e. The highest BCUT2D eigenvalue weighted by Crippen LogP contribution is 2.18. The summed E-state index contributed by atoms with van der Waals surface area (Å²) in [4.78, 5) is 0. The first-order chi connectivity index (χ1) is 11.6. The molecule has 0 fully saturated rings. The second-order valence-corrected chi connectivity index (χ2v) is 6.66. The summed E-state index contributed by atoms with van der Waals surface area (Å²) in [5.74, 6) is 1.58. The van der Waals surface area contributed by atoms with Crippen molar-refractivity contribution in [2.45, 2.75) is 26.8 Å². The van der Waals surface area contributed by atoms with Crippen LogP contribution in [0.2, 0.25) is 5.02 Å². The van der Waals surface area contributed by atoms with Crippen LogP contribution in [0.3, 0.4) is 0 Å². The highest BCUT2D eigenvalue weighted by atomic mass is 35.5. The van der Waals surface area contributed by atoms with E-state index in [1.807, 2.05) is 42.5 Å². The lowest BCUT2D eigenvalue weighted by molar-refractivity contribution is 0.289. The highest BCUT2D eigenvalue weighted by Gasteiger charge is 2.00. The summed E-state index contributed by atoms with van der Waals surface area (Å²) in [7, 11) is 0. The van der Waals surface area contributed by atoms with Gasteiger partial charge in [0, 0.05) is 36.4 Å². The molecule has 0 saturated heterocycles. The van der Waals surface area contributed by atoms with Crippen LogP contribution in [0.15, 0.2) is 48.5 Å². The minimum Gasteiger partial charge on any atom is -0.494 e. The molecule has 0 spiro atoms. The molecule has 4 heteroatoms. The Kier molecular flexibility index (Phi) is 7.93. The van der Waals surface area contributed by atoms with E-state index in [0.717, 1.165) is 54.7 Å². The number of rotatable bonds is 10. The van der Waals surface area contributed by atoms with Crippen molar-refractivity contribution in [2.75, 3.05) is 25.0 Å². The van der Waals surface area contributed by atoms with E-state index >= 15 is 0 Å². The zero-order valence-electron chi connectivity index (χ0n) is 14.5. The smallest absolute Gasteiger partial charge is 0.121 e. The van der Waals surface area contributed by atoms with Gasteiger partial charge in [-0.3, -0.25) is 0 Å². The van der Waals surface area contributed by atoms with Crippen molar-refractivity contribution in [1.29, 1.82) is 0 Å². The Bertz CT molecular complexity index is 616. The average Bonchev–Trinajstić information content (AvgIpc) is 2.56. The molecule has 0 aliphatic rings. The van der Waals surface area contributed by atoms with Crippen molar-refractivity contribution in [3.05, 3.63) is 59.1 Å². The molecular formula is C20H27ClN2O. The second-order valence-electron chi connectivity index (χ2n) is 6.25. The van der Waals surface area contributed by atoms with Crippen LogP contribution < -0.4 is 15.4 Å². The van der Waals surface area contributed by atoms with Crippen molar-refractivity contribution in [3.63, 3.8) is 0 Å². The summed E-state index contributed by atoms with van der Waals surface area (Å²) in [6, 6.07) is 16.0. The zero-order chi connectivity index (χ0) is 17.2. The van der Waals surface area contributed by atoms with Crippen LogP contribution in [-0.4, -0.2) is 19.7 Å². The molecule has 0 heterocycles. The molecular weight excluding hydrogens is 320 g/mol. The van der Waals surface area contributed by atoms with Crippen molar-refractivity contribution >= 4 is 17.3 Å². The summed E-state index contributed by atoms with van der Waals surface area (Å²) < 4.78 is 5.79. The molecule has 0 aliphatic heterocycles. The lowest BCUT2D eigenvalue weighted by atomic mass is 10.1. The standard InChI is InChI=1S/C20H27ClN2O/c1-16(2)10-13-24-19-8-5-7-18(14-19)23-12-11-22-15-17-6-3-4-9-20(17)21/h3-9,14,16,22-23H,10-13,15H2,1-2H3. The first-order valence-electron chi connectivity index (χ1n) is 8.56. The van der Waals surface area contributed by atoms with E-state index in [9.17, 15) is 0 Å². The van der Waals surface area contributed by atoms with Crippen molar-refractivity contribution in [1.82, 2.24) is 5.32 Å². The molecule has 0 amide bonds. The van der Waals surface area contributed by atoms with Gasteiger partial charge in [-0.1, -0.05) is 49.7 Å². The fraction of sp³-hybridized carbons (Fsp3) is 0.400. The third-order valence-corrected chi connectivity index (χ3v) is 4.07. The van der Waals surface area contributed by atoms with Crippen LogP contribution >= 0.6 is 11.6 Å². The quantitative estimate of drug-likeness (QED) is 0.596. The van der Waals surface area contributed by atoms with Crippen LogP contribution in [0, 0.1) is 5.92 Å². The van der Waals surface area contributed by atoms with Gasteiger partial charge in [0.25, 0.3) is 0 Å². The lowest BCUT2D eigenvalue weighted by Gasteiger charge is -2.11. The molecule has 2 rings (SSSR count). The third kappa shape index (κ3) is 6.81. The number of halogens is 1. The van der Waals surface area contributed by atoms with E-state index in [0.29, 0.717) is 5.92 Å². The lowest BCUT2D eigenvalue weighted by Crippen LogP contribution is -2.21. The minimum atomic E-state index is 0.663. The Labute approximate surface area is 150 Å². The van der Waals surface area contributed by atoms with E-state index < -0.39 is 0 Å². The number of hydrogen-bond donors (Lipinski definition) is 2. The zero-order valence-corrected chi connectivity index (χ0v) is 15.3. The number of ether oxygens (including phenoxy) is 1. The first kappa shape index (κ1) is 18.6. The summed E-state index contributed by atoms with van der Waals surface area (Å²) in [6.45, 7) is 7.66. The molecule has 2 N–H and O–H groups in total. The first-order valence-corrected chi connectivity index (χ1v) is 8.94. The fourth-order valence-electron chi connectivity index (χ4n) is 2.27. The Morgan fingerprint density at radius 2 is 1.88 bits per heavy atom. The van der Waals surface area contributed by atoms with Crippen molar-refractivity contribution in [3.8, 4) is 5.75 Å². The van der Waals surface area contributed by atoms with E-state index in [1.165, 1.54) is 0 Å². The van der Waals surface area contributed by atoms with Gasteiger partial charge in [-0.2, -0.15) is 0 Å². The summed E-state index contributed by atoms with van der Waals surface area (Å²) >= 11 is 6.14. The highest BCUT2D eigenvalue weighted by molar-refractivity contribution is 6.31. The number of benzene rings is 2. The number of hydrogen-bond acceptors (Lipinski definition) is 3. The van der Waals surface area contributed by atoms with E-state index in [-0.39, 0.29) is 0 Å². The molecule has 0 unspecified atom stereocenters. The van der Waals surface area contributed by atoms with E-state index in [1.54, 1.807) is 0 Å². The van der Waals surface area contributed by atoms with Crippen LogP contribution in [0.25, 0.3) is 0 Å². The minimum absolute atomic E-state index is 0.663. The van der Waals surface area contributed by atoms with Gasteiger partial charge in [-0.05, 0) is 36.1 Å². The molecule has 0 aromatic heterocycles. The number of nitrogens with one attached hydrogen (secondary N) is 2. The van der Waals surface area contributed by atoms with Crippen LogP contribution in [0.5, 0.6) is 5.75 Å². The third-order valence-electron chi connectivity index (χ3n) is 3.70. The molecule has 2 aromatic rings. The van der Waals surface area contributed by atoms with Crippen molar-refractivity contribution in [2.24, 2.45) is 5.92 Å². The van der Waals surface area contributed by atoms with E-state index in [4.69, 9.17) is 16.3 Å². The van der Waals surface area contributed by atoms with Gasteiger partial charge in [-0.15, -0.1) is 0 Å². The molecule has 0 radical (unpaired) electrons. The van der Waals surface area contributed by atoms with Gasteiger partial charge in [0.15, 0.2) is 0 Å². The van der Waals surface area contributed by atoms with Crippen LogP contribution in [-0.2, 0) is 6.54 Å². The maximum absolute atomic E-state index is 6.14. The topological polar surface area (TPSA) is 33.3 Å². The van der Waals surface area contributed by atoms with Gasteiger partial charge < -0.3 is 15.4 Å². The molecule has 2 aromatic carbocycles. The summed E-state index contributed by atoms with van der Waals surface area (Å²) in [6.07, 6.45) is 1.07. The fourth-order valence-corrected chi connectivity index (χ4v) is 2.47. The molecule has 3 nitrogen and oxygen atoms in total. The van der Waals surface area contributed by atoms with Crippen molar-refractivity contribution < 1.29 is 4.74 Å². The monoisotopic (exact) mass is 346 g/mol. The second kappa shape index (κ2) is 10.2. The normalized spacial score (nSPS) is 10.8.